The van der Waals surface area contributed by atoms with E-state index in [0.717, 1.165) is 22.0 Å². The van der Waals surface area contributed by atoms with Gasteiger partial charge in [0.05, 0.1) is 5.39 Å². The van der Waals surface area contributed by atoms with Gasteiger partial charge in [-0.05, 0) is 25.0 Å². The van der Waals surface area contributed by atoms with E-state index >= 15 is 0 Å². The van der Waals surface area contributed by atoms with E-state index in [1.807, 2.05) is 0 Å². The summed E-state index contributed by atoms with van der Waals surface area (Å²) in [7, 11) is 0. The van der Waals surface area contributed by atoms with Crippen molar-refractivity contribution in [2.75, 3.05) is 0 Å². The fourth-order valence-electron chi connectivity index (χ4n) is 2.15. The predicted molar refractivity (Wildman–Crippen MR) is 66.2 cm³/mol. The topological polar surface area (TPSA) is 94.2 Å². The second kappa shape index (κ2) is 4.04. The number of fused-ring (bicyclic) bond motifs is 1. The van der Waals surface area contributed by atoms with Crippen LogP contribution in [-0.4, -0.2) is 25.2 Å². The number of aliphatic carboxylic acids is 1. The summed E-state index contributed by atoms with van der Waals surface area (Å²) in [5, 5.41) is 9.16. The molecule has 98 valence electrons. The van der Waals surface area contributed by atoms with E-state index in [9.17, 15) is 14.4 Å². The summed E-state index contributed by atoms with van der Waals surface area (Å²) in [4.78, 5) is 39.3. The summed E-state index contributed by atoms with van der Waals surface area (Å²) in [6, 6.07) is 3.04. The minimum atomic E-state index is -1.14. The van der Waals surface area contributed by atoms with Gasteiger partial charge in [0.25, 0.3) is 5.56 Å². The van der Waals surface area contributed by atoms with Gasteiger partial charge in [-0.25, -0.2) is 9.78 Å². The summed E-state index contributed by atoms with van der Waals surface area (Å²) in [5.41, 5.74) is -0.866. The van der Waals surface area contributed by atoms with Crippen LogP contribution in [0, 0.1) is 0 Å². The largest absolute Gasteiger partial charge is 0.480 e. The van der Waals surface area contributed by atoms with E-state index in [4.69, 9.17) is 5.11 Å². The fourth-order valence-corrected chi connectivity index (χ4v) is 2.15. The van der Waals surface area contributed by atoms with E-state index in [0.29, 0.717) is 0 Å². The molecule has 0 bridgehead atoms. The van der Waals surface area contributed by atoms with Crippen molar-refractivity contribution >= 4 is 17.0 Å². The Balaban J connectivity index is 2.42. The Hall–Kier alpha value is -2.44. The van der Waals surface area contributed by atoms with Crippen LogP contribution in [0.1, 0.15) is 18.9 Å². The van der Waals surface area contributed by atoms with E-state index in [1.165, 1.54) is 6.20 Å². The van der Waals surface area contributed by atoms with E-state index in [-0.39, 0.29) is 17.1 Å². The molecule has 0 aromatic carbocycles. The summed E-state index contributed by atoms with van der Waals surface area (Å²) in [6.07, 6.45) is 2.98. The highest BCUT2D eigenvalue weighted by Gasteiger charge is 2.29. The van der Waals surface area contributed by atoms with Crippen LogP contribution in [0.25, 0.3) is 11.0 Å². The molecule has 1 aliphatic rings. The molecule has 2 aromatic rings. The summed E-state index contributed by atoms with van der Waals surface area (Å²) in [6.45, 7) is -0.501. The molecular weight excluding hydrogens is 250 g/mol. The standard InChI is InChI=1S/C12H11N3O4/c16-9(17)6-14-10-8(2-1-5-13-10)11(18)15(12(14)19)7-3-4-7/h1-2,5,7H,3-4,6H2,(H,16,17). The second-order valence-electron chi connectivity index (χ2n) is 4.54. The second-order valence-corrected chi connectivity index (χ2v) is 4.54. The van der Waals surface area contributed by atoms with Crippen LogP contribution in [0.4, 0.5) is 0 Å². The van der Waals surface area contributed by atoms with Gasteiger partial charge < -0.3 is 5.11 Å². The molecule has 0 amide bonds. The van der Waals surface area contributed by atoms with Crippen molar-refractivity contribution in [1.29, 1.82) is 0 Å². The van der Waals surface area contributed by atoms with Crippen molar-refractivity contribution in [3.8, 4) is 0 Å². The molecule has 1 N–H and O–H groups in total. The summed E-state index contributed by atoms with van der Waals surface area (Å²) < 4.78 is 2.18. The van der Waals surface area contributed by atoms with Gasteiger partial charge in [0.2, 0.25) is 0 Å². The van der Waals surface area contributed by atoms with Crippen molar-refractivity contribution in [1.82, 2.24) is 14.1 Å². The first-order valence-corrected chi connectivity index (χ1v) is 5.91. The predicted octanol–water partition coefficient (Wildman–Crippen LogP) is -0.0223. The van der Waals surface area contributed by atoms with Crippen molar-refractivity contribution in [2.24, 2.45) is 0 Å². The van der Waals surface area contributed by atoms with E-state index in [2.05, 4.69) is 4.98 Å². The zero-order valence-electron chi connectivity index (χ0n) is 9.94. The molecule has 2 aromatic heterocycles. The normalized spacial score (nSPS) is 14.7. The number of hydrogen-bond donors (Lipinski definition) is 1. The molecule has 0 radical (unpaired) electrons. The van der Waals surface area contributed by atoms with Crippen LogP contribution < -0.4 is 11.2 Å². The third-order valence-corrected chi connectivity index (χ3v) is 3.13. The average molecular weight is 261 g/mol. The quantitative estimate of drug-likeness (QED) is 0.837. The lowest BCUT2D eigenvalue weighted by Crippen LogP contribution is -2.41. The summed E-state index contributed by atoms with van der Waals surface area (Å²) >= 11 is 0. The van der Waals surface area contributed by atoms with Gasteiger partial charge >= 0.3 is 11.7 Å². The molecule has 7 nitrogen and oxygen atoms in total. The fraction of sp³-hybridized carbons (Fsp3) is 0.333. The number of carboxylic acids is 1. The lowest BCUT2D eigenvalue weighted by atomic mass is 10.3. The van der Waals surface area contributed by atoms with Gasteiger partial charge in [0.1, 0.15) is 12.2 Å². The lowest BCUT2D eigenvalue weighted by Gasteiger charge is -2.10. The van der Waals surface area contributed by atoms with Crippen molar-refractivity contribution in [2.45, 2.75) is 25.4 Å². The first-order valence-electron chi connectivity index (χ1n) is 5.91. The van der Waals surface area contributed by atoms with Gasteiger partial charge in [-0.3, -0.25) is 18.7 Å². The number of aromatic nitrogens is 3. The van der Waals surface area contributed by atoms with Crippen molar-refractivity contribution in [3.05, 3.63) is 39.2 Å². The number of rotatable bonds is 3. The molecule has 0 spiro atoms. The van der Waals surface area contributed by atoms with Crippen LogP contribution in [0.5, 0.6) is 0 Å². The van der Waals surface area contributed by atoms with Crippen LogP contribution >= 0.6 is 0 Å². The third-order valence-electron chi connectivity index (χ3n) is 3.13. The smallest absolute Gasteiger partial charge is 0.333 e. The minimum Gasteiger partial charge on any atom is -0.480 e. The monoisotopic (exact) mass is 261 g/mol. The number of carbonyl (C=O) groups is 1. The maximum absolute atomic E-state index is 12.2. The highest BCUT2D eigenvalue weighted by molar-refractivity contribution is 5.76. The molecule has 19 heavy (non-hydrogen) atoms. The van der Waals surface area contributed by atoms with Gasteiger partial charge in [0, 0.05) is 12.2 Å². The number of pyridine rings is 1. The molecule has 1 fully saturated rings. The molecule has 0 aliphatic heterocycles. The van der Waals surface area contributed by atoms with Gasteiger partial charge in [-0.2, -0.15) is 0 Å². The Morgan fingerprint density at radius 2 is 2.16 bits per heavy atom. The Kier molecular flexibility index (Phi) is 2.48. The van der Waals surface area contributed by atoms with Gasteiger partial charge in [-0.15, -0.1) is 0 Å². The Labute approximate surface area is 106 Å². The maximum atomic E-state index is 12.2. The molecule has 0 saturated heterocycles. The highest BCUT2D eigenvalue weighted by Crippen LogP contribution is 2.32. The van der Waals surface area contributed by atoms with Crippen LogP contribution in [-0.2, 0) is 11.3 Å². The van der Waals surface area contributed by atoms with Gasteiger partial charge in [0.15, 0.2) is 0 Å². The molecule has 0 atom stereocenters. The van der Waals surface area contributed by atoms with Crippen molar-refractivity contribution in [3.63, 3.8) is 0 Å². The zero-order chi connectivity index (χ0) is 13.6. The average Bonchev–Trinajstić information content (AvgIpc) is 3.19. The highest BCUT2D eigenvalue weighted by atomic mass is 16.4. The molecule has 1 aliphatic carbocycles. The molecular formula is C12H11N3O4. The molecule has 0 unspecified atom stereocenters. The van der Waals surface area contributed by atoms with E-state index in [1.54, 1.807) is 12.1 Å². The number of nitrogens with zero attached hydrogens (tertiary/aromatic N) is 3. The third kappa shape index (κ3) is 1.83. The van der Waals surface area contributed by atoms with Gasteiger partial charge in [-0.1, -0.05) is 0 Å². The Morgan fingerprint density at radius 1 is 1.42 bits per heavy atom. The first kappa shape index (κ1) is 11.6. The Morgan fingerprint density at radius 3 is 2.79 bits per heavy atom. The van der Waals surface area contributed by atoms with E-state index < -0.39 is 23.8 Å². The Bertz CT molecular complexity index is 786. The van der Waals surface area contributed by atoms with Crippen LogP contribution in [0.15, 0.2) is 27.9 Å². The molecule has 1 saturated carbocycles. The van der Waals surface area contributed by atoms with Crippen LogP contribution in [0.3, 0.4) is 0 Å². The SMILES string of the molecule is O=C(O)Cn1c(=O)n(C2CC2)c(=O)c2cccnc21. The first-order chi connectivity index (χ1) is 9.09. The van der Waals surface area contributed by atoms with Crippen molar-refractivity contribution < 1.29 is 9.90 Å². The minimum absolute atomic E-state index is 0.107. The van der Waals surface area contributed by atoms with Crippen LogP contribution in [0.2, 0.25) is 0 Å². The molecule has 7 heteroatoms. The summed E-state index contributed by atoms with van der Waals surface area (Å²) in [5.74, 6) is -1.14. The number of carboxylic acid groups (broad SMARTS) is 1. The maximum Gasteiger partial charge on any atom is 0.333 e. The number of hydrogen-bond acceptors (Lipinski definition) is 4. The zero-order valence-corrected chi connectivity index (χ0v) is 9.94. The molecule has 3 rings (SSSR count). The molecule has 2 heterocycles. The lowest BCUT2D eigenvalue weighted by molar-refractivity contribution is -0.137.